The number of nitrogens with zero attached hydrogens (tertiary/aromatic N) is 1. The van der Waals surface area contributed by atoms with Crippen molar-refractivity contribution in [3.05, 3.63) is 59.2 Å². The Labute approximate surface area is 149 Å². The molecule has 0 unspecified atom stereocenters. The number of methoxy groups -OCH3 is 1. The van der Waals surface area contributed by atoms with Gasteiger partial charge in [-0.25, -0.2) is 5.01 Å². The summed E-state index contributed by atoms with van der Waals surface area (Å²) in [6.45, 7) is 1.72. The second-order valence-electron chi connectivity index (χ2n) is 7.07. The first-order valence-corrected chi connectivity index (χ1v) is 9.15. The Morgan fingerprint density at radius 2 is 2.08 bits per heavy atom. The molecule has 0 saturated carbocycles. The number of piperidine rings is 1. The zero-order valence-corrected chi connectivity index (χ0v) is 14.8. The zero-order valence-electron chi connectivity index (χ0n) is 14.8. The zero-order chi connectivity index (χ0) is 17.2. The number of nitrogens with two attached hydrogens (primary N) is 1. The van der Waals surface area contributed by atoms with Crippen LogP contribution in [0, 0.1) is 5.92 Å². The average molecular weight is 338 g/mol. The van der Waals surface area contributed by atoms with E-state index in [1.165, 1.54) is 23.1 Å². The fourth-order valence-electron chi connectivity index (χ4n) is 4.34. The molecule has 4 rings (SSSR count). The van der Waals surface area contributed by atoms with Crippen LogP contribution < -0.4 is 15.3 Å². The van der Waals surface area contributed by atoms with Gasteiger partial charge in [-0.1, -0.05) is 30.3 Å². The number of ether oxygens (including phenoxy) is 2. The van der Waals surface area contributed by atoms with E-state index in [-0.39, 0.29) is 6.04 Å². The van der Waals surface area contributed by atoms with Gasteiger partial charge in [0.25, 0.3) is 0 Å². The quantitative estimate of drug-likeness (QED) is 0.867. The highest BCUT2D eigenvalue weighted by atomic mass is 16.5. The van der Waals surface area contributed by atoms with Gasteiger partial charge >= 0.3 is 0 Å². The lowest BCUT2D eigenvalue weighted by Crippen LogP contribution is -2.44. The SMILES string of the molecule is COc1cc2c(c(C[C@@H]3CCCN(N)[C@@H]3c3ccccc3)c1)OCC2. The first-order chi connectivity index (χ1) is 12.3. The number of hydrogen-bond acceptors (Lipinski definition) is 4. The van der Waals surface area contributed by atoms with Crippen molar-refractivity contribution in [1.29, 1.82) is 0 Å². The van der Waals surface area contributed by atoms with E-state index in [0.29, 0.717) is 5.92 Å². The average Bonchev–Trinajstić information content (AvgIpc) is 3.11. The molecule has 2 aliphatic heterocycles. The Balaban J connectivity index is 1.66. The van der Waals surface area contributed by atoms with Crippen LogP contribution in [0.3, 0.4) is 0 Å². The summed E-state index contributed by atoms with van der Waals surface area (Å²) in [6, 6.07) is 15.1. The molecule has 0 bridgehead atoms. The normalized spacial score (nSPS) is 23.1. The molecule has 132 valence electrons. The number of fused-ring (bicyclic) bond motifs is 1. The van der Waals surface area contributed by atoms with Gasteiger partial charge in [-0.15, -0.1) is 0 Å². The summed E-state index contributed by atoms with van der Waals surface area (Å²) in [5.41, 5.74) is 3.83. The number of hydrazine groups is 1. The van der Waals surface area contributed by atoms with Gasteiger partial charge in [-0.2, -0.15) is 0 Å². The van der Waals surface area contributed by atoms with Crippen LogP contribution in [0.1, 0.15) is 35.6 Å². The molecule has 0 amide bonds. The number of hydrogen-bond donors (Lipinski definition) is 1. The molecule has 1 fully saturated rings. The molecular formula is C21H26N2O2. The minimum atomic E-state index is 0.248. The van der Waals surface area contributed by atoms with Gasteiger partial charge in [0, 0.05) is 18.5 Å². The molecule has 1 saturated heterocycles. The van der Waals surface area contributed by atoms with Crippen molar-refractivity contribution in [1.82, 2.24) is 5.01 Å². The molecule has 2 aromatic rings. The Morgan fingerprint density at radius 3 is 2.88 bits per heavy atom. The second kappa shape index (κ2) is 7.06. The third-order valence-electron chi connectivity index (χ3n) is 5.49. The van der Waals surface area contributed by atoms with Crippen LogP contribution in [-0.4, -0.2) is 25.3 Å². The van der Waals surface area contributed by atoms with Crippen molar-refractivity contribution >= 4 is 0 Å². The summed E-state index contributed by atoms with van der Waals surface area (Å²) in [7, 11) is 1.73. The van der Waals surface area contributed by atoms with Crippen LogP contribution in [0.25, 0.3) is 0 Å². The predicted octanol–water partition coefficient (Wildman–Crippen LogP) is 3.50. The Kier molecular flexibility index (Phi) is 4.64. The number of benzene rings is 2. The van der Waals surface area contributed by atoms with E-state index in [1.54, 1.807) is 7.11 Å². The molecule has 2 atom stereocenters. The smallest absolute Gasteiger partial charge is 0.126 e. The molecule has 4 nitrogen and oxygen atoms in total. The summed E-state index contributed by atoms with van der Waals surface area (Å²) in [4.78, 5) is 0. The first kappa shape index (κ1) is 16.4. The Bertz CT molecular complexity index is 732. The van der Waals surface area contributed by atoms with E-state index in [0.717, 1.165) is 43.9 Å². The van der Waals surface area contributed by atoms with Crippen LogP contribution in [0.5, 0.6) is 11.5 Å². The monoisotopic (exact) mass is 338 g/mol. The lowest BCUT2D eigenvalue weighted by atomic mass is 9.81. The van der Waals surface area contributed by atoms with Gasteiger partial charge in [-0.05, 0) is 48.4 Å². The van der Waals surface area contributed by atoms with E-state index in [1.807, 2.05) is 5.01 Å². The highest BCUT2D eigenvalue weighted by Gasteiger charge is 2.32. The van der Waals surface area contributed by atoms with Crippen LogP contribution in [0.2, 0.25) is 0 Å². The molecule has 2 aromatic carbocycles. The molecule has 2 N–H and O–H groups in total. The van der Waals surface area contributed by atoms with E-state index in [9.17, 15) is 0 Å². The van der Waals surface area contributed by atoms with E-state index in [2.05, 4.69) is 42.5 Å². The van der Waals surface area contributed by atoms with E-state index >= 15 is 0 Å². The van der Waals surface area contributed by atoms with Crippen molar-refractivity contribution in [2.24, 2.45) is 11.8 Å². The maximum absolute atomic E-state index is 6.40. The topological polar surface area (TPSA) is 47.7 Å². The van der Waals surface area contributed by atoms with Gasteiger partial charge < -0.3 is 9.47 Å². The first-order valence-electron chi connectivity index (χ1n) is 9.15. The van der Waals surface area contributed by atoms with Gasteiger partial charge in [0.1, 0.15) is 11.5 Å². The maximum Gasteiger partial charge on any atom is 0.126 e. The molecule has 0 aromatic heterocycles. The maximum atomic E-state index is 6.40. The van der Waals surface area contributed by atoms with Crippen molar-refractivity contribution in [3.63, 3.8) is 0 Å². The highest BCUT2D eigenvalue weighted by Crippen LogP contribution is 2.41. The molecule has 0 spiro atoms. The van der Waals surface area contributed by atoms with E-state index < -0.39 is 0 Å². The molecule has 0 radical (unpaired) electrons. The van der Waals surface area contributed by atoms with Crippen molar-refractivity contribution < 1.29 is 9.47 Å². The fourth-order valence-corrected chi connectivity index (χ4v) is 4.34. The van der Waals surface area contributed by atoms with Crippen molar-refractivity contribution in [2.45, 2.75) is 31.7 Å². The summed E-state index contributed by atoms with van der Waals surface area (Å²) in [5, 5.41) is 2.02. The Morgan fingerprint density at radius 1 is 1.24 bits per heavy atom. The molecule has 25 heavy (non-hydrogen) atoms. The minimum Gasteiger partial charge on any atom is -0.497 e. The third kappa shape index (κ3) is 3.24. The van der Waals surface area contributed by atoms with E-state index in [4.69, 9.17) is 15.3 Å². The molecule has 2 heterocycles. The van der Waals surface area contributed by atoms with Gasteiger partial charge in [0.05, 0.1) is 19.8 Å². The predicted molar refractivity (Wildman–Crippen MR) is 98.7 cm³/mol. The van der Waals surface area contributed by atoms with Crippen LogP contribution in [0.15, 0.2) is 42.5 Å². The lowest BCUT2D eigenvalue weighted by Gasteiger charge is -2.39. The molecule has 0 aliphatic carbocycles. The summed E-state index contributed by atoms with van der Waals surface area (Å²) in [5.74, 6) is 8.87. The second-order valence-corrected chi connectivity index (χ2v) is 7.07. The van der Waals surface area contributed by atoms with Gasteiger partial charge in [0.15, 0.2) is 0 Å². The molecular weight excluding hydrogens is 312 g/mol. The summed E-state index contributed by atoms with van der Waals surface area (Å²) < 4.78 is 11.4. The largest absolute Gasteiger partial charge is 0.497 e. The van der Waals surface area contributed by atoms with Crippen LogP contribution in [-0.2, 0) is 12.8 Å². The van der Waals surface area contributed by atoms with Crippen molar-refractivity contribution in [3.8, 4) is 11.5 Å². The lowest BCUT2D eigenvalue weighted by molar-refractivity contribution is 0.0922. The van der Waals surface area contributed by atoms with Crippen LogP contribution >= 0.6 is 0 Å². The van der Waals surface area contributed by atoms with Crippen LogP contribution in [0.4, 0.5) is 0 Å². The van der Waals surface area contributed by atoms with Crippen molar-refractivity contribution in [2.75, 3.05) is 20.3 Å². The number of rotatable bonds is 4. The van der Waals surface area contributed by atoms with Gasteiger partial charge in [-0.3, -0.25) is 5.84 Å². The third-order valence-corrected chi connectivity index (χ3v) is 5.49. The van der Waals surface area contributed by atoms with Gasteiger partial charge in [0.2, 0.25) is 0 Å². The molecule has 4 heteroatoms. The minimum absolute atomic E-state index is 0.248. The summed E-state index contributed by atoms with van der Waals surface area (Å²) in [6.07, 6.45) is 4.25. The Hall–Kier alpha value is -2.04. The summed E-state index contributed by atoms with van der Waals surface area (Å²) >= 11 is 0. The molecule has 2 aliphatic rings. The standard InChI is InChI=1S/C21H26N2O2/c1-24-19-13-17-9-11-25-21(17)18(14-19)12-16-8-5-10-23(22)20(16)15-6-3-2-4-7-15/h2-4,6-7,13-14,16,20H,5,8-12,22H2,1H3/t16-,20+/m0/s1. The highest BCUT2D eigenvalue weighted by molar-refractivity contribution is 5.49. The fraction of sp³-hybridized carbons (Fsp3) is 0.429.